The van der Waals surface area contributed by atoms with Crippen molar-refractivity contribution in [1.29, 1.82) is 0 Å². The van der Waals surface area contributed by atoms with E-state index in [0.29, 0.717) is 27.8 Å². The first-order chi connectivity index (χ1) is 13.6. The molecule has 3 aromatic rings. The van der Waals surface area contributed by atoms with Crippen molar-refractivity contribution in [3.8, 4) is 0 Å². The van der Waals surface area contributed by atoms with Crippen molar-refractivity contribution in [3.63, 3.8) is 0 Å². The van der Waals surface area contributed by atoms with E-state index in [1.165, 1.54) is 11.3 Å². The summed E-state index contributed by atoms with van der Waals surface area (Å²) >= 11 is 7.71. The molecule has 1 heterocycles. The molecule has 3 rings (SSSR count). The summed E-state index contributed by atoms with van der Waals surface area (Å²) in [4.78, 5) is 25.1. The third-order valence-electron chi connectivity index (χ3n) is 4.35. The van der Waals surface area contributed by atoms with Gasteiger partial charge in [-0.25, -0.2) is 4.79 Å². The molecule has 0 saturated carbocycles. The van der Waals surface area contributed by atoms with Crippen LogP contribution in [-0.4, -0.2) is 18.5 Å². The molecule has 6 heteroatoms. The number of fused-ring (bicyclic) bond motifs is 1. The molecule has 0 spiro atoms. The monoisotopic (exact) mass is 415 g/mol. The highest BCUT2D eigenvalue weighted by Gasteiger charge is 2.17. The molecule has 0 aliphatic heterocycles. The molecule has 1 aromatic heterocycles. The van der Waals surface area contributed by atoms with Crippen molar-refractivity contribution in [2.24, 2.45) is 0 Å². The second kappa shape index (κ2) is 9.71. The molecule has 0 aliphatic rings. The Morgan fingerprint density at radius 3 is 2.50 bits per heavy atom. The van der Waals surface area contributed by atoms with E-state index >= 15 is 0 Å². The molecule has 0 saturated heterocycles. The van der Waals surface area contributed by atoms with Crippen LogP contribution in [0.25, 0.3) is 10.1 Å². The number of esters is 1. The van der Waals surface area contributed by atoms with E-state index in [4.69, 9.17) is 16.3 Å². The average Bonchev–Trinajstić information content (AvgIpc) is 3.05. The Kier molecular flexibility index (Phi) is 7.06. The summed E-state index contributed by atoms with van der Waals surface area (Å²) in [6.45, 7) is 2.57. The van der Waals surface area contributed by atoms with Gasteiger partial charge < -0.3 is 10.1 Å². The van der Waals surface area contributed by atoms with Gasteiger partial charge in [0.25, 0.3) is 5.91 Å². The minimum atomic E-state index is -0.345. The number of thiophene rings is 1. The lowest BCUT2D eigenvalue weighted by Gasteiger charge is -2.07. The lowest BCUT2D eigenvalue weighted by Crippen LogP contribution is -2.11. The lowest BCUT2D eigenvalue weighted by molar-refractivity contribution is 0.0498. The number of halogens is 1. The van der Waals surface area contributed by atoms with Crippen LogP contribution < -0.4 is 5.32 Å². The topological polar surface area (TPSA) is 55.4 Å². The number of carbonyl (C=O) groups excluding carboxylic acids is 2. The highest BCUT2D eigenvalue weighted by Crippen LogP contribution is 2.35. The van der Waals surface area contributed by atoms with Gasteiger partial charge in [0, 0.05) is 15.8 Å². The number of amides is 1. The quantitative estimate of drug-likeness (QED) is 0.335. The first-order valence-corrected chi connectivity index (χ1v) is 10.5. The van der Waals surface area contributed by atoms with E-state index in [0.717, 1.165) is 35.8 Å². The van der Waals surface area contributed by atoms with Gasteiger partial charge in [0.15, 0.2) is 0 Å². The summed E-state index contributed by atoms with van der Waals surface area (Å²) in [7, 11) is 0. The van der Waals surface area contributed by atoms with Gasteiger partial charge in [-0.1, -0.05) is 56.0 Å². The number of ether oxygens (including phenoxy) is 1. The number of benzene rings is 2. The van der Waals surface area contributed by atoms with E-state index in [-0.39, 0.29) is 11.9 Å². The fourth-order valence-corrected chi connectivity index (χ4v) is 4.23. The molecule has 1 N–H and O–H groups in total. The zero-order chi connectivity index (χ0) is 19.9. The van der Waals surface area contributed by atoms with Crippen molar-refractivity contribution in [2.75, 3.05) is 11.9 Å². The average molecular weight is 416 g/mol. The van der Waals surface area contributed by atoms with Crippen LogP contribution in [0.1, 0.15) is 52.6 Å². The predicted molar refractivity (Wildman–Crippen MR) is 116 cm³/mol. The highest BCUT2D eigenvalue weighted by molar-refractivity contribution is 7.21. The molecule has 28 heavy (non-hydrogen) atoms. The maximum atomic E-state index is 12.6. The van der Waals surface area contributed by atoms with Gasteiger partial charge in [-0.05, 0) is 36.8 Å². The van der Waals surface area contributed by atoms with Crippen LogP contribution in [0.3, 0.4) is 0 Å². The first kappa shape index (κ1) is 20.4. The Labute approximate surface area is 173 Å². The molecular weight excluding hydrogens is 394 g/mol. The Bertz CT molecular complexity index is 966. The molecule has 0 aliphatic carbocycles. The van der Waals surface area contributed by atoms with Crippen LogP contribution in [0.4, 0.5) is 5.69 Å². The number of hydrogen-bond acceptors (Lipinski definition) is 4. The maximum absolute atomic E-state index is 12.6. The van der Waals surface area contributed by atoms with Crippen LogP contribution in [0.15, 0.2) is 48.5 Å². The van der Waals surface area contributed by atoms with Crippen LogP contribution in [0.5, 0.6) is 0 Å². The smallest absolute Gasteiger partial charge is 0.338 e. The van der Waals surface area contributed by atoms with Gasteiger partial charge in [0.05, 0.1) is 17.2 Å². The summed E-state index contributed by atoms with van der Waals surface area (Å²) in [6, 6.07) is 14.3. The predicted octanol–water partition coefficient (Wildman–Crippen LogP) is 6.54. The van der Waals surface area contributed by atoms with Crippen LogP contribution in [-0.2, 0) is 4.74 Å². The molecule has 0 bridgehead atoms. The van der Waals surface area contributed by atoms with Gasteiger partial charge in [-0.2, -0.15) is 0 Å². The molecule has 1 amide bonds. The van der Waals surface area contributed by atoms with Crippen molar-refractivity contribution >= 4 is 50.6 Å². The van der Waals surface area contributed by atoms with E-state index in [9.17, 15) is 9.59 Å². The first-order valence-electron chi connectivity index (χ1n) is 9.35. The molecule has 4 nitrogen and oxygen atoms in total. The normalized spacial score (nSPS) is 10.8. The zero-order valence-electron chi connectivity index (χ0n) is 15.7. The van der Waals surface area contributed by atoms with Gasteiger partial charge >= 0.3 is 5.97 Å². The number of nitrogens with one attached hydrogen (secondary N) is 1. The number of carbonyl (C=O) groups is 2. The Morgan fingerprint density at radius 2 is 1.79 bits per heavy atom. The third kappa shape index (κ3) is 4.91. The van der Waals surface area contributed by atoms with Crippen LogP contribution >= 0.6 is 22.9 Å². The van der Waals surface area contributed by atoms with Crippen molar-refractivity contribution < 1.29 is 14.3 Å². The third-order valence-corrected chi connectivity index (χ3v) is 6.02. The van der Waals surface area contributed by atoms with E-state index in [1.54, 1.807) is 24.3 Å². The molecular formula is C22H22ClNO3S. The number of anilines is 1. The fraction of sp³-hybridized carbons (Fsp3) is 0.273. The highest BCUT2D eigenvalue weighted by atomic mass is 35.5. The minimum Gasteiger partial charge on any atom is -0.462 e. The number of rotatable bonds is 8. The van der Waals surface area contributed by atoms with Crippen molar-refractivity contribution in [2.45, 2.75) is 32.6 Å². The second-order valence-corrected chi connectivity index (χ2v) is 7.90. The molecule has 0 unspecified atom stereocenters. The van der Waals surface area contributed by atoms with E-state index in [1.807, 2.05) is 24.3 Å². The lowest BCUT2D eigenvalue weighted by atomic mass is 10.2. The standard InChI is InChI=1S/C22H22ClNO3S/c1-2-3-4-7-14-27-22(26)15-10-12-16(13-11-15)24-21(25)20-19(23)17-8-5-6-9-18(17)28-20/h5-6,8-13H,2-4,7,14H2,1H3,(H,24,25). The largest absolute Gasteiger partial charge is 0.462 e. The Balaban J connectivity index is 1.59. The summed E-state index contributed by atoms with van der Waals surface area (Å²) in [5.41, 5.74) is 1.06. The molecule has 0 atom stereocenters. The Morgan fingerprint density at radius 1 is 1.04 bits per heavy atom. The molecule has 0 radical (unpaired) electrons. The molecule has 146 valence electrons. The number of unbranched alkanes of at least 4 members (excludes halogenated alkanes) is 3. The van der Waals surface area contributed by atoms with Gasteiger partial charge in [0.2, 0.25) is 0 Å². The van der Waals surface area contributed by atoms with Gasteiger partial charge in [0.1, 0.15) is 4.88 Å². The van der Waals surface area contributed by atoms with Crippen LogP contribution in [0, 0.1) is 0 Å². The summed E-state index contributed by atoms with van der Waals surface area (Å²) < 4.78 is 6.24. The maximum Gasteiger partial charge on any atom is 0.338 e. The fourth-order valence-electron chi connectivity index (χ4n) is 2.81. The van der Waals surface area contributed by atoms with E-state index in [2.05, 4.69) is 12.2 Å². The second-order valence-electron chi connectivity index (χ2n) is 6.47. The SMILES string of the molecule is CCCCCCOC(=O)c1ccc(NC(=O)c2sc3ccccc3c2Cl)cc1. The molecule has 0 fully saturated rings. The van der Waals surface area contributed by atoms with Crippen LogP contribution in [0.2, 0.25) is 5.02 Å². The minimum absolute atomic E-state index is 0.266. The summed E-state index contributed by atoms with van der Waals surface area (Å²) in [5.74, 6) is -0.612. The molecule has 2 aromatic carbocycles. The summed E-state index contributed by atoms with van der Waals surface area (Å²) in [5, 5.41) is 4.16. The van der Waals surface area contributed by atoms with Gasteiger partial charge in [-0.15, -0.1) is 11.3 Å². The van der Waals surface area contributed by atoms with Gasteiger partial charge in [-0.3, -0.25) is 4.79 Å². The van der Waals surface area contributed by atoms with E-state index < -0.39 is 0 Å². The summed E-state index contributed by atoms with van der Waals surface area (Å²) in [6.07, 6.45) is 4.24. The number of hydrogen-bond donors (Lipinski definition) is 1. The zero-order valence-corrected chi connectivity index (χ0v) is 17.2. The van der Waals surface area contributed by atoms with Crippen molar-refractivity contribution in [3.05, 3.63) is 64.0 Å². The van der Waals surface area contributed by atoms with Crippen molar-refractivity contribution in [1.82, 2.24) is 0 Å². The Hall–Kier alpha value is -2.37.